The van der Waals surface area contributed by atoms with Crippen LogP contribution in [0.15, 0.2) is 35.0 Å². The summed E-state index contributed by atoms with van der Waals surface area (Å²) < 4.78 is 0. The number of carbonyl (C=O) groups is 1. The number of aliphatic hydroxyl groups is 1. The van der Waals surface area contributed by atoms with E-state index in [0.29, 0.717) is 12.0 Å². The highest BCUT2D eigenvalue weighted by Crippen LogP contribution is 2.16. The number of amides is 1. The second-order valence-corrected chi connectivity index (χ2v) is 5.02. The summed E-state index contributed by atoms with van der Waals surface area (Å²) >= 11 is 1.52. The second kappa shape index (κ2) is 6.90. The summed E-state index contributed by atoms with van der Waals surface area (Å²) in [5.74, 6) is 5.70. The van der Waals surface area contributed by atoms with Crippen molar-refractivity contribution < 1.29 is 9.90 Å². The number of carbonyl (C=O) groups excluding carboxylic acids is 1. The second-order valence-electron chi connectivity index (χ2n) is 4.28. The molecule has 0 aliphatic carbocycles. The summed E-state index contributed by atoms with van der Waals surface area (Å²) in [7, 11) is 0. The molecule has 0 aliphatic rings. The van der Waals surface area contributed by atoms with E-state index in [-0.39, 0.29) is 12.5 Å². The van der Waals surface area contributed by atoms with Crippen molar-refractivity contribution in [2.75, 3.05) is 11.9 Å². The maximum absolute atomic E-state index is 12.0. The lowest BCUT2D eigenvalue weighted by molar-refractivity contribution is 0.102. The number of anilines is 1. The highest BCUT2D eigenvalue weighted by Gasteiger charge is 2.09. The van der Waals surface area contributed by atoms with Crippen molar-refractivity contribution in [2.45, 2.75) is 13.3 Å². The zero-order chi connectivity index (χ0) is 14.4. The Morgan fingerprint density at radius 2 is 2.05 bits per heavy atom. The molecule has 0 saturated carbocycles. The van der Waals surface area contributed by atoms with Gasteiger partial charge in [0.1, 0.15) is 0 Å². The number of nitrogens with one attached hydrogen (secondary N) is 1. The van der Waals surface area contributed by atoms with Crippen LogP contribution >= 0.6 is 11.3 Å². The van der Waals surface area contributed by atoms with E-state index in [0.717, 1.165) is 16.8 Å². The van der Waals surface area contributed by atoms with Gasteiger partial charge in [-0.15, -0.1) is 0 Å². The third-order valence-electron chi connectivity index (χ3n) is 2.71. The minimum atomic E-state index is -0.0946. The molecule has 4 heteroatoms. The van der Waals surface area contributed by atoms with Crippen molar-refractivity contribution in [3.05, 3.63) is 51.7 Å². The van der Waals surface area contributed by atoms with Crippen LogP contribution in [0, 0.1) is 18.8 Å². The van der Waals surface area contributed by atoms with Crippen LogP contribution in [-0.4, -0.2) is 17.6 Å². The first-order valence-corrected chi connectivity index (χ1v) is 7.19. The normalized spacial score (nSPS) is 9.70. The van der Waals surface area contributed by atoms with Crippen molar-refractivity contribution >= 4 is 22.9 Å². The summed E-state index contributed by atoms with van der Waals surface area (Å²) in [5, 5.41) is 15.3. The maximum Gasteiger partial charge on any atom is 0.256 e. The van der Waals surface area contributed by atoms with E-state index < -0.39 is 0 Å². The fourth-order valence-electron chi connectivity index (χ4n) is 1.65. The molecule has 0 atom stereocenters. The molecule has 102 valence electrons. The Labute approximate surface area is 122 Å². The fraction of sp³-hybridized carbons (Fsp3) is 0.188. The van der Waals surface area contributed by atoms with E-state index in [1.54, 1.807) is 0 Å². The average molecular weight is 285 g/mol. The number of hydrogen-bond donors (Lipinski definition) is 2. The van der Waals surface area contributed by atoms with Gasteiger partial charge in [0.15, 0.2) is 0 Å². The smallest absolute Gasteiger partial charge is 0.256 e. The first-order chi connectivity index (χ1) is 9.70. The maximum atomic E-state index is 12.0. The number of aliphatic hydroxyl groups excluding tert-OH is 1. The Bertz CT molecular complexity index is 647. The Morgan fingerprint density at radius 1 is 1.30 bits per heavy atom. The highest BCUT2D eigenvalue weighted by molar-refractivity contribution is 7.08. The van der Waals surface area contributed by atoms with Crippen LogP contribution < -0.4 is 5.32 Å². The monoisotopic (exact) mass is 285 g/mol. The minimum Gasteiger partial charge on any atom is -0.395 e. The number of benzene rings is 1. The molecule has 2 aromatic rings. The van der Waals surface area contributed by atoms with E-state index in [1.165, 1.54) is 11.3 Å². The molecule has 3 nitrogen and oxygen atoms in total. The lowest BCUT2D eigenvalue weighted by Gasteiger charge is -2.04. The van der Waals surface area contributed by atoms with Crippen LogP contribution in [0.4, 0.5) is 5.69 Å². The van der Waals surface area contributed by atoms with Gasteiger partial charge in [0, 0.05) is 23.1 Å². The van der Waals surface area contributed by atoms with Crippen molar-refractivity contribution in [1.29, 1.82) is 0 Å². The van der Waals surface area contributed by atoms with Crippen LogP contribution in [0.2, 0.25) is 0 Å². The lowest BCUT2D eigenvalue weighted by Crippen LogP contribution is -2.11. The molecule has 0 bridgehead atoms. The Balaban J connectivity index is 2.03. The van der Waals surface area contributed by atoms with Gasteiger partial charge in [-0.2, -0.15) is 11.3 Å². The number of hydrogen-bond acceptors (Lipinski definition) is 3. The predicted molar refractivity (Wildman–Crippen MR) is 82.0 cm³/mol. The molecule has 2 rings (SSSR count). The zero-order valence-corrected chi connectivity index (χ0v) is 12.0. The Hall–Kier alpha value is -2.09. The molecule has 0 radical (unpaired) electrons. The van der Waals surface area contributed by atoms with E-state index in [1.807, 2.05) is 41.9 Å². The van der Waals surface area contributed by atoms with Gasteiger partial charge in [0.05, 0.1) is 12.2 Å². The molecule has 0 aliphatic heterocycles. The molecule has 1 aromatic carbocycles. The molecule has 0 saturated heterocycles. The standard InChI is InChI=1S/C16H15NO2S/c1-12-10-20-11-15(12)16(19)17-14-7-5-13(6-8-14)4-2-3-9-18/h5-8,10-11,18H,3,9H2,1H3,(H,17,19). The molecule has 1 amide bonds. The molecule has 0 fully saturated rings. The first kappa shape index (κ1) is 14.3. The zero-order valence-electron chi connectivity index (χ0n) is 11.1. The third kappa shape index (κ3) is 3.70. The van der Waals surface area contributed by atoms with Crippen LogP contribution in [0.3, 0.4) is 0 Å². The van der Waals surface area contributed by atoms with E-state index in [4.69, 9.17) is 5.11 Å². The van der Waals surface area contributed by atoms with Gasteiger partial charge >= 0.3 is 0 Å². The van der Waals surface area contributed by atoms with Gasteiger partial charge in [-0.25, -0.2) is 0 Å². The van der Waals surface area contributed by atoms with Crippen molar-refractivity contribution in [1.82, 2.24) is 0 Å². The largest absolute Gasteiger partial charge is 0.395 e. The number of rotatable bonds is 3. The van der Waals surface area contributed by atoms with Gasteiger partial charge in [-0.1, -0.05) is 11.8 Å². The van der Waals surface area contributed by atoms with Gasteiger partial charge in [-0.05, 0) is 42.1 Å². The number of thiophene rings is 1. The highest BCUT2D eigenvalue weighted by atomic mass is 32.1. The molecule has 20 heavy (non-hydrogen) atoms. The minimum absolute atomic E-state index is 0.0706. The lowest BCUT2D eigenvalue weighted by atomic mass is 10.2. The summed E-state index contributed by atoms with van der Waals surface area (Å²) in [6.07, 6.45) is 0.468. The van der Waals surface area contributed by atoms with E-state index >= 15 is 0 Å². The van der Waals surface area contributed by atoms with Gasteiger partial charge in [0.2, 0.25) is 0 Å². The fourth-order valence-corrected chi connectivity index (χ4v) is 2.48. The Morgan fingerprint density at radius 3 is 2.65 bits per heavy atom. The van der Waals surface area contributed by atoms with Crippen LogP contribution in [0.5, 0.6) is 0 Å². The molecular weight excluding hydrogens is 270 g/mol. The van der Waals surface area contributed by atoms with Crippen LogP contribution in [0.1, 0.15) is 27.9 Å². The van der Waals surface area contributed by atoms with Crippen molar-refractivity contribution in [3.63, 3.8) is 0 Å². The van der Waals surface area contributed by atoms with Gasteiger partial charge in [0.25, 0.3) is 5.91 Å². The summed E-state index contributed by atoms with van der Waals surface area (Å²) in [4.78, 5) is 12.0. The summed E-state index contributed by atoms with van der Waals surface area (Å²) in [6.45, 7) is 1.99. The summed E-state index contributed by atoms with van der Waals surface area (Å²) in [5.41, 5.74) is 3.30. The first-order valence-electron chi connectivity index (χ1n) is 6.24. The SMILES string of the molecule is Cc1cscc1C(=O)Nc1ccc(C#CCCO)cc1. The van der Waals surface area contributed by atoms with E-state index in [2.05, 4.69) is 17.2 Å². The molecule has 2 N–H and O–H groups in total. The van der Waals surface area contributed by atoms with Crippen LogP contribution in [-0.2, 0) is 0 Å². The van der Waals surface area contributed by atoms with E-state index in [9.17, 15) is 4.79 Å². The Kier molecular flexibility index (Phi) is 4.94. The van der Waals surface area contributed by atoms with Crippen molar-refractivity contribution in [3.8, 4) is 11.8 Å². The third-order valence-corrected chi connectivity index (χ3v) is 3.57. The molecule has 1 heterocycles. The molecule has 0 unspecified atom stereocenters. The van der Waals surface area contributed by atoms with Gasteiger partial charge in [-0.3, -0.25) is 4.79 Å². The van der Waals surface area contributed by atoms with Crippen LogP contribution in [0.25, 0.3) is 0 Å². The van der Waals surface area contributed by atoms with Crippen molar-refractivity contribution in [2.24, 2.45) is 0 Å². The molecule has 0 spiro atoms. The number of aryl methyl sites for hydroxylation is 1. The molecular formula is C16H15NO2S. The van der Waals surface area contributed by atoms with Gasteiger partial charge < -0.3 is 10.4 Å². The summed E-state index contributed by atoms with van der Waals surface area (Å²) in [6, 6.07) is 7.34. The topological polar surface area (TPSA) is 49.3 Å². The average Bonchev–Trinajstić information content (AvgIpc) is 2.87. The predicted octanol–water partition coefficient (Wildman–Crippen LogP) is 3.04. The molecule has 1 aromatic heterocycles. The quantitative estimate of drug-likeness (QED) is 0.852.